The molecule has 10 heteroatoms. The third-order valence-electron chi connectivity index (χ3n) is 6.31. The fourth-order valence-corrected chi connectivity index (χ4v) is 4.23. The standard InChI is InChI=1S/C28H34N6O4/c1-29-28(36)37-16-13-24(21-10-6-5-7-11-21)38-19-20-9-8-12-22(17-20)34-15-14-33(4)25-23(26(34)35)18-30-27(31-25)32(2)3/h5-12,17-18,24H,13-16,19H2,1-4H3,(H,29,36). The molecule has 1 unspecified atom stereocenters. The molecule has 2 amide bonds. The molecule has 0 bridgehead atoms. The number of amides is 2. The van der Waals surface area contributed by atoms with Crippen molar-refractivity contribution < 1.29 is 19.1 Å². The second-order valence-corrected chi connectivity index (χ2v) is 9.23. The van der Waals surface area contributed by atoms with Gasteiger partial charge in [0.1, 0.15) is 11.4 Å². The summed E-state index contributed by atoms with van der Waals surface area (Å²) in [6.45, 7) is 1.70. The lowest BCUT2D eigenvalue weighted by Gasteiger charge is -2.22. The zero-order valence-corrected chi connectivity index (χ0v) is 22.3. The number of aromatic nitrogens is 2. The number of likely N-dealkylation sites (N-methyl/N-ethyl adjacent to an activating group) is 1. The van der Waals surface area contributed by atoms with Crippen molar-refractivity contribution in [1.82, 2.24) is 15.3 Å². The monoisotopic (exact) mass is 518 g/mol. The van der Waals surface area contributed by atoms with Gasteiger partial charge in [0.15, 0.2) is 0 Å². The molecular weight excluding hydrogens is 484 g/mol. The first kappa shape index (κ1) is 26.9. The topological polar surface area (TPSA) is 100 Å². The van der Waals surface area contributed by atoms with Crippen LogP contribution >= 0.6 is 0 Å². The highest BCUT2D eigenvalue weighted by molar-refractivity contribution is 6.09. The van der Waals surface area contributed by atoms with Crippen LogP contribution in [0.1, 0.15) is 34.0 Å². The molecule has 0 saturated carbocycles. The first-order chi connectivity index (χ1) is 18.4. The van der Waals surface area contributed by atoms with E-state index in [2.05, 4.69) is 15.3 Å². The summed E-state index contributed by atoms with van der Waals surface area (Å²) in [5.74, 6) is 1.05. The molecule has 4 rings (SSSR count). The molecule has 1 aliphatic rings. The molecule has 1 N–H and O–H groups in total. The average molecular weight is 519 g/mol. The van der Waals surface area contributed by atoms with Crippen LogP contribution < -0.4 is 20.0 Å². The third kappa shape index (κ3) is 6.38. The van der Waals surface area contributed by atoms with Gasteiger partial charge >= 0.3 is 6.09 Å². The number of carbonyl (C=O) groups is 2. The van der Waals surface area contributed by atoms with E-state index >= 15 is 0 Å². The first-order valence-electron chi connectivity index (χ1n) is 12.5. The summed E-state index contributed by atoms with van der Waals surface area (Å²) in [6, 6.07) is 17.6. The fourth-order valence-electron chi connectivity index (χ4n) is 4.23. The number of benzene rings is 2. The van der Waals surface area contributed by atoms with Crippen LogP contribution in [0.25, 0.3) is 0 Å². The summed E-state index contributed by atoms with van der Waals surface area (Å²) in [6.07, 6.45) is 1.39. The molecule has 0 fully saturated rings. The number of alkyl carbamates (subject to hydrolysis) is 1. The molecule has 38 heavy (non-hydrogen) atoms. The number of carbonyl (C=O) groups excluding carboxylic acids is 2. The molecule has 200 valence electrons. The number of ether oxygens (including phenoxy) is 2. The summed E-state index contributed by atoms with van der Waals surface area (Å²) >= 11 is 0. The molecule has 1 atom stereocenters. The quantitative estimate of drug-likeness (QED) is 0.458. The Morgan fingerprint density at radius 1 is 1.13 bits per heavy atom. The molecule has 0 spiro atoms. The van der Waals surface area contributed by atoms with Gasteiger partial charge in [-0.2, -0.15) is 4.98 Å². The minimum Gasteiger partial charge on any atom is -0.449 e. The Morgan fingerprint density at radius 2 is 1.92 bits per heavy atom. The Labute approximate surface area is 223 Å². The first-order valence-corrected chi connectivity index (χ1v) is 12.5. The third-order valence-corrected chi connectivity index (χ3v) is 6.31. The SMILES string of the molecule is CNC(=O)OCCC(OCc1cccc(N2CCN(C)c3nc(N(C)C)ncc3C2=O)c1)c1ccccc1. The Hall–Kier alpha value is -4.18. The van der Waals surface area contributed by atoms with Gasteiger partial charge < -0.3 is 29.5 Å². The van der Waals surface area contributed by atoms with Gasteiger partial charge in [0.05, 0.1) is 19.3 Å². The smallest absolute Gasteiger partial charge is 0.406 e. The highest BCUT2D eigenvalue weighted by Crippen LogP contribution is 2.28. The summed E-state index contributed by atoms with van der Waals surface area (Å²) in [7, 11) is 7.21. The van der Waals surface area contributed by atoms with Gasteiger partial charge in [-0.15, -0.1) is 0 Å². The Balaban J connectivity index is 1.50. The van der Waals surface area contributed by atoms with Gasteiger partial charge in [-0.1, -0.05) is 42.5 Å². The number of anilines is 3. The molecule has 1 aromatic heterocycles. The molecular formula is C28H34N6O4. The maximum Gasteiger partial charge on any atom is 0.406 e. The van der Waals surface area contributed by atoms with Crippen molar-refractivity contribution in [2.45, 2.75) is 19.1 Å². The normalized spacial score (nSPS) is 13.9. The van der Waals surface area contributed by atoms with Crippen molar-refractivity contribution in [1.29, 1.82) is 0 Å². The lowest BCUT2D eigenvalue weighted by molar-refractivity contribution is 0.0199. The van der Waals surface area contributed by atoms with Gasteiger partial charge in [-0.25, -0.2) is 9.78 Å². The largest absolute Gasteiger partial charge is 0.449 e. The highest BCUT2D eigenvalue weighted by Gasteiger charge is 2.28. The van der Waals surface area contributed by atoms with Gasteiger partial charge in [0.2, 0.25) is 5.95 Å². The Kier molecular flexibility index (Phi) is 8.75. The zero-order chi connectivity index (χ0) is 27.1. The molecule has 0 radical (unpaired) electrons. The van der Waals surface area contributed by atoms with Crippen molar-refractivity contribution in [2.24, 2.45) is 0 Å². The number of fused-ring (bicyclic) bond motifs is 1. The number of rotatable bonds is 9. The van der Waals surface area contributed by atoms with Gasteiger partial charge in [0.25, 0.3) is 5.91 Å². The maximum atomic E-state index is 13.6. The lowest BCUT2D eigenvalue weighted by Crippen LogP contribution is -2.33. The number of hydrogen-bond acceptors (Lipinski definition) is 8. The van der Waals surface area contributed by atoms with E-state index in [4.69, 9.17) is 9.47 Å². The van der Waals surface area contributed by atoms with Crippen LogP contribution in [0.2, 0.25) is 0 Å². The van der Waals surface area contributed by atoms with E-state index in [-0.39, 0.29) is 18.6 Å². The molecule has 1 aliphatic heterocycles. The molecule has 3 aromatic rings. The van der Waals surface area contributed by atoms with E-state index in [0.717, 1.165) is 16.8 Å². The number of hydrogen-bond donors (Lipinski definition) is 1. The predicted octanol–water partition coefficient (Wildman–Crippen LogP) is 3.64. The minimum absolute atomic E-state index is 0.138. The molecule has 2 aromatic carbocycles. The van der Waals surface area contributed by atoms with E-state index in [1.54, 1.807) is 11.1 Å². The number of nitrogens with one attached hydrogen (secondary N) is 1. The van der Waals surface area contributed by atoms with Crippen LogP contribution in [0, 0.1) is 0 Å². The van der Waals surface area contributed by atoms with Crippen molar-refractivity contribution in [2.75, 3.05) is 62.6 Å². The van der Waals surface area contributed by atoms with E-state index < -0.39 is 6.09 Å². The van der Waals surface area contributed by atoms with Crippen molar-refractivity contribution in [3.05, 3.63) is 77.5 Å². The summed E-state index contributed by atoms with van der Waals surface area (Å²) < 4.78 is 11.5. The summed E-state index contributed by atoms with van der Waals surface area (Å²) in [5, 5.41) is 2.45. The highest BCUT2D eigenvalue weighted by atomic mass is 16.5. The van der Waals surface area contributed by atoms with E-state index in [1.807, 2.05) is 85.5 Å². The second-order valence-electron chi connectivity index (χ2n) is 9.23. The molecule has 10 nitrogen and oxygen atoms in total. The van der Waals surface area contributed by atoms with Gasteiger partial charge in [-0.3, -0.25) is 4.79 Å². The van der Waals surface area contributed by atoms with Gasteiger partial charge in [-0.05, 0) is 23.3 Å². The van der Waals surface area contributed by atoms with Crippen molar-refractivity contribution in [3.63, 3.8) is 0 Å². The maximum absolute atomic E-state index is 13.6. The van der Waals surface area contributed by atoms with Crippen LogP contribution in [0.4, 0.5) is 22.2 Å². The van der Waals surface area contributed by atoms with Crippen LogP contribution in [0.15, 0.2) is 60.8 Å². The van der Waals surface area contributed by atoms with Crippen LogP contribution in [-0.2, 0) is 16.1 Å². The number of nitrogens with zero attached hydrogens (tertiary/aromatic N) is 5. The van der Waals surface area contributed by atoms with Crippen LogP contribution in [-0.4, -0.2) is 69.9 Å². The van der Waals surface area contributed by atoms with Crippen LogP contribution in [0.5, 0.6) is 0 Å². The average Bonchev–Trinajstić information content (AvgIpc) is 3.06. The fraction of sp³-hybridized carbons (Fsp3) is 0.357. The van der Waals surface area contributed by atoms with E-state index in [9.17, 15) is 9.59 Å². The minimum atomic E-state index is -0.470. The zero-order valence-electron chi connectivity index (χ0n) is 22.3. The Bertz CT molecular complexity index is 1250. The molecule has 0 aliphatic carbocycles. The van der Waals surface area contributed by atoms with Crippen molar-refractivity contribution in [3.8, 4) is 0 Å². The summed E-state index contributed by atoms with van der Waals surface area (Å²) in [5.41, 5.74) is 3.19. The molecule has 0 saturated heterocycles. The van der Waals surface area contributed by atoms with Gasteiger partial charge in [0, 0.05) is 59.6 Å². The van der Waals surface area contributed by atoms with Crippen molar-refractivity contribution >= 4 is 29.5 Å². The Morgan fingerprint density at radius 3 is 2.66 bits per heavy atom. The van der Waals surface area contributed by atoms with Crippen LogP contribution in [0.3, 0.4) is 0 Å². The van der Waals surface area contributed by atoms with E-state index in [0.29, 0.717) is 43.4 Å². The second kappa shape index (κ2) is 12.4. The lowest BCUT2D eigenvalue weighted by atomic mass is 10.1. The summed E-state index contributed by atoms with van der Waals surface area (Å²) in [4.78, 5) is 39.6. The predicted molar refractivity (Wildman–Crippen MR) is 147 cm³/mol. The van der Waals surface area contributed by atoms with E-state index in [1.165, 1.54) is 7.05 Å². The molecule has 2 heterocycles.